The summed E-state index contributed by atoms with van der Waals surface area (Å²) in [5, 5.41) is 11.3. The van der Waals surface area contributed by atoms with E-state index in [-0.39, 0.29) is 5.91 Å². The van der Waals surface area contributed by atoms with Crippen molar-refractivity contribution in [2.45, 2.75) is 19.8 Å². The summed E-state index contributed by atoms with van der Waals surface area (Å²) in [4.78, 5) is 24.8. The lowest BCUT2D eigenvalue weighted by atomic mass is 10.2. The lowest BCUT2D eigenvalue weighted by Crippen LogP contribution is -2.28. The van der Waals surface area contributed by atoms with Gasteiger partial charge in [0.05, 0.1) is 6.07 Å². The highest BCUT2D eigenvalue weighted by atomic mass is 16.2. The fourth-order valence-electron chi connectivity index (χ4n) is 1.84. The van der Waals surface area contributed by atoms with Crippen LogP contribution in [-0.2, 0) is 4.79 Å². The highest BCUT2D eigenvalue weighted by molar-refractivity contribution is 5.94. The molecule has 1 rings (SSSR count). The summed E-state index contributed by atoms with van der Waals surface area (Å²) in [7, 11) is 0. The molecule has 0 saturated heterocycles. The number of primary amides is 1. The van der Waals surface area contributed by atoms with Crippen molar-refractivity contribution in [3.63, 3.8) is 0 Å². The molecule has 0 aliphatic heterocycles. The zero-order chi connectivity index (χ0) is 15.7. The number of anilines is 1. The average molecular weight is 288 g/mol. The van der Waals surface area contributed by atoms with E-state index in [1.165, 1.54) is 0 Å². The standard InChI is InChI=1S/C15H20N4O2/c1-2-19(10-3-9-16)11-8-14(20)18-13-6-4-12(5-7-13)15(17)21/h4-7H,2-3,8,10-11H2,1H3,(H2,17,21)(H,18,20). The molecule has 0 spiro atoms. The van der Waals surface area contributed by atoms with Crippen LogP contribution < -0.4 is 11.1 Å². The molecule has 0 aliphatic rings. The van der Waals surface area contributed by atoms with Crippen LogP contribution in [0.15, 0.2) is 24.3 Å². The molecular formula is C15H20N4O2. The Bertz CT molecular complexity index is 519. The summed E-state index contributed by atoms with van der Waals surface area (Å²) in [6, 6.07) is 8.53. The summed E-state index contributed by atoms with van der Waals surface area (Å²) in [5.41, 5.74) is 6.18. The number of carbonyl (C=O) groups excluding carboxylic acids is 2. The number of nitrogens with one attached hydrogen (secondary N) is 1. The third kappa shape index (κ3) is 6.06. The molecule has 3 N–H and O–H groups in total. The van der Waals surface area contributed by atoms with Gasteiger partial charge in [0.25, 0.3) is 0 Å². The minimum Gasteiger partial charge on any atom is -0.366 e. The molecule has 0 aromatic heterocycles. The summed E-state index contributed by atoms with van der Waals surface area (Å²) >= 11 is 0. The normalized spacial score (nSPS) is 10.1. The van der Waals surface area contributed by atoms with Crippen molar-refractivity contribution in [2.75, 3.05) is 25.0 Å². The molecule has 0 unspecified atom stereocenters. The molecule has 0 radical (unpaired) electrons. The highest BCUT2D eigenvalue weighted by Crippen LogP contribution is 2.09. The number of amides is 2. The number of nitrogens with zero attached hydrogens (tertiary/aromatic N) is 2. The van der Waals surface area contributed by atoms with Crippen LogP contribution in [0.1, 0.15) is 30.1 Å². The van der Waals surface area contributed by atoms with Gasteiger partial charge in [0.2, 0.25) is 11.8 Å². The van der Waals surface area contributed by atoms with E-state index in [4.69, 9.17) is 11.0 Å². The van der Waals surface area contributed by atoms with E-state index in [0.29, 0.717) is 37.2 Å². The van der Waals surface area contributed by atoms with Crippen LogP contribution in [0.3, 0.4) is 0 Å². The van der Waals surface area contributed by atoms with Gasteiger partial charge >= 0.3 is 0 Å². The SMILES string of the molecule is CCN(CCC#N)CCC(=O)Nc1ccc(C(N)=O)cc1. The van der Waals surface area contributed by atoms with E-state index < -0.39 is 5.91 Å². The quantitative estimate of drug-likeness (QED) is 0.754. The Balaban J connectivity index is 2.42. The predicted molar refractivity (Wildman–Crippen MR) is 80.6 cm³/mol. The second-order valence-corrected chi connectivity index (χ2v) is 4.58. The zero-order valence-electron chi connectivity index (χ0n) is 12.1. The Kier molecular flexibility index (Phi) is 6.92. The third-order valence-electron chi connectivity index (χ3n) is 3.10. The van der Waals surface area contributed by atoms with E-state index in [1.54, 1.807) is 24.3 Å². The Hall–Kier alpha value is -2.39. The molecular weight excluding hydrogens is 268 g/mol. The van der Waals surface area contributed by atoms with Gasteiger partial charge in [-0.05, 0) is 30.8 Å². The first-order valence-corrected chi connectivity index (χ1v) is 6.85. The van der Waals surface area contributed by atoms with Crippen LogP contribution in [0.2, 0.25) is 0 Å². The molecule has 0 saturated carbocycles. The van der Waals surface area contributed by atoms with Crippen molar-refractivity contribution in [2.24, 2.45) is 5.73 Å². The molecule has 0 fully saturated rings. The maximum atomic E-state index is 11.8. The second kappa shape index (κ2) is 8.72. The van der Waals surface area contributed by atoms with Crippen molar-refractivity contribution < 1.29 is 9.59 Å². The third-order valence-corrected chi connectivity index (χ3v) is 3.10. The maximum Gasteiger partial charge on any atom is 0.248 e. The van der Waals surface area contributed by atoms with Crippen molar-refractivity contribution >= 4 is 17.5 Å². The first-order valence-electron chi connectivity index (χ1n) is 6.85. The first kappa shape index (κ1) is 16.7. The summed E-state index contributed by atoms with van der Waals surface area (Å²) in [6.45, 7) is 4.09. The smallest absolute Gasteiger partial charge is 0.248 e. The van der Waals surface area contributed by atoms with Crippen LogP contribution in [0.4, 0.5) is 5.69 Å². The molecule has 0 heterocycles. The molecule has 1 aromatic rings. The van der Waals surface area contributed by atoms with Crippen LogP contribution in [0.5, 0.6) is 0 Å². The Morgan fingerprint density at radius 2 is 1.95 bits per heavy atom. The topological polar surface area (TPSA) is 99.2 Å². The Morgan fingerprint density at radius 3 is 2.48 bits per heavy atom. The minimum absolute atomic E-state index is 0.0998. The molecule has 2 amide bonds. The molecule has 0 aliphatic carbocycles. The molecule has 0 atom stereocenters. The van der Waals surface area contributed by atoms with E-state index in [1.807, 2.05) is 6.92 Å². The molecule has 0 bridgehead atoms. The van der Waals surface area contributed by atoms with Crippen molar-refractivity contribution in [3.8, 4) is 6.07 Å². The summed E-state index contributed by atoms with van der Waals surface area (Å²) in [5.74, 6) is -0.596. The first-order chi connectivity index (χ1) is 10.1. The number of rotatable bonds is 8. The van der Waals surface area contributed by atoms with E-state index in [2.05, 4.69) is 16.3 Å². The lowest BCUT2D eigenvalue weighted by Gasteiger charge is -2.18. The van der Waals surface area contributed by atoms with Crippen molar-refractivity contribution in [1.82, 2.24) is 4.90 Å². The number of nitrogens with two attached hydrogens (primary N) is 1. The summed E-state index contributed by atoms with van der Waals surface area (Å²) < 4.78 is 0. The van der Waals surface area contributed by atoms with Crippen molar-refractivity contribution in [3.05, 3.63) is 29.8 Å². The van der Waals surface area contributed by atoms with Crippen LogP contribution in [0, 0.1) is 11.3 Å². The number of nitriles is 1. The van der Waals surface area contributed by atoms with Gasteiger partial charge in [-0.15, -0.1) is 0 Å². The minimum atomic E-state index is -0.496. The zero-order valence-corrected chi connectivity index (χ0v) is 12.1. The van der Waals surface area contributed by atoms with Crippen LogP contribution in [-0.4, -0.2) is 36.3 Å². The van der Waals surface area contributed by atoms with Gasteiger partial charge in [0.1, 0.15) is 0 Å². The summed E-state index contributed by atoms with van der Waals surface area (Å²) in [6.07, 6.45) is 0.820. The molecule has 6 heteroatoms. The van der Waals surface area contributed by atoms with Gasteiger partial charge in [-0.25, -0.2) is 0 Å². The highest BCUT2D eigenvalue weighted by Gasteiger charge is 2.07. The van der Waals surface area contributed by atoms with Crippen LogP contribution >= 0.6 is 0 Å². The van der Waals surface area contributed by atoms with Gasteiger partial charge in [0, 0.05) is 37.2 Å². The van der Waals surface area contributed by atoms with Gasteiger partial charge in [-0.1, -0.05) is 6.92 Å². The Morgan fingerprint density at radius 1 is 1.29 bits per heavy atom. The monoisotopic (exact) mass is 288 g/mol. The number of hydrogen-bond donors (Lipinski definition) is 2. The van der Waals surface area contributed by atoms with Crippen LogP contribution in [0.25, 0.3) is 0 Å². The molecule has 6 nitrogen and oxygen atoms in total. The van der Waals surface area contributed by atoms with E-state index in [9.17, 15) is 9.59 Å². The fraction of sp³-hybridized carbons (Fsp3) is 0.400. The second-order valence-electron chi connectivity index (χ2n) is 4.58. The largest absolute Gasteiger partial charge is 0.366 e. The maximum absolute atomic E-state index is 11.8. The van der Waals surface area contributed by atoms with Gasteiger partial charge in [-0.3, -0.25) is 9.59 Å². The van der Waals surface area contributed by atoms with E-state index in [0.717, 1.165) is 6.54 Å². The number of hydrogen-bond acceptors (Lipinski definition) is 4. The van der Waals surface area contributed by atoms with E-state index >= 15 is 0 Å². The predicted octanol–water partition coefficient (Wildman–Crippen LogP) is 1.35. The Labute approximate surface area is 124 Å². The van der Waals surface area contributed by atoms with Gasteiger partial charge in [0.15, 0.2) is 0 Å². The van der Waals surface area contributed by atoms with Gasteiger partial charge < -0.3 is 16.0 Å². The molecule has 21 heavy (non-hydrogen) atoms. The lowest BCUT2D eigenvalue weighted by molar-refractivity contribution is -0.116. The fourth-order valence-corrected chi connectivity index (χ4v) is 1.84. The average Bonchev–Trinajstić information content (AvgIpc) is 2.48. The van der Waals surface area contributed by atoms with Crippen molar-refractivity contribution in [1.29, 1.82) is 5.26 Å². The molecule has 1 aromatic carbocycles. The van der Waals surface area contributed by atoms with Gasteiger partial charge in [-0.2, -0.15) is 5.26 Å². The molecule has 112 valence electrons. The number of carbonyl (C=O) groups is 2. The number of benzene rings is 1.